The van der Waals surface area contributed by atoms with Crippen LogP contribution in [-0.2, 0) is 28.7 Å². The van der Waals surface area contributed by atoms with E-state index in [2.05, 4.69) is 23.1 Å². The largest absolute Gasteiger partial charge is 0.472 e. The zero-order valence-corrected chi connectivity index (χ0v) is 24.7. The van der Waals surface area contributed by atoms with Gasteiger partial charge in [-0.3, -0.25) is 9.05 Å². The smallest absolute Gasteiger partial charge is 0.382 e. The molecule has 2 aromatic heterocycles. The SMILES string of the molecule is CCCCCCCCCCCCCCOCCOP(=O)(O)OC[C@@H]1CC[C@](C#N)(c2ccc3c(N)ncnn23)O1. The number of unbranched alkanes of at least 4 members (excludes halogenated alkanes) is 11. The van der Waals surface area contributed by atoms with Gasteiger partial charge < -0.3 is 20.1 Å². The summed E-state index contributed by atoms with van der Waals surface area (Å²) < 4.78 is 35.5. The number of phosphoric acid groups is 1. The summed E-state index contributed by atoms with van der Waals surface area (Å²) in [7, 11) is -4.27. The molecule has 3 atom stereocenters. The van der Waals surface area contributed by atoms with E-state index in [9.17, 15) is 14.7 Å². The molecule has 1 aliphatic rings. The fourth-order valence-electron chi connectivity index (χ4n) is 5.04. The van der Waals surface area contributed by atoms with Gasteiger partial charge in [-0.1, -0.05) is 77.6 Å². The standard InChI is InChI=1S/C28H46N5O6P/c1-2-3-4-5-6-7-8-9-10-11-12-13-18-36-19-20-37-40(34,35)38-21-24-16-17-28(22-29,39-24)26-15-14-25-27(30)31-23-32-33(25)26/h14-15,23-24H,2-13,16-21H2,1H3,(H,34,35)(H2,30,31,32)/t24-,28-/m0/s1. The van der Waals surface area contributed by atoms with Gasteiger partial charge in [-0.15, -0.1) is 0 Å². The van der Waals surface area contributed by atoms with Crippen LogP contribution in [0.5, 0.6) is 0 Å². The molecule has 0 aromatic carbocycles. The van der Waals surface area contributed by atoms with Crippen molar-refractivity contribution in [2.24, 2.45) is 0 Å². The van der Waals surface area contributed by atoms with Gasteiger partial charge in [0, 0.05) is 6.61 Å². The molecule has 0 amide bonds. The molecule has 0 bridgehead atoms. The lowest BCUT2D eigenvalue weighted by Gasteiger charge is -2.22. The predicted octanol–water partition coefficient (Wildman–Crippen LogP) is 6.06. The Kier molecular flexibility index (Phi) is 13.8. The average molecular weight is 580 g/mol. The molecule has 12 heteroatoms. The number of anilines is 1. The highest BCUT2D eigenvalue weighted by Crippen LogP contribution is 2.45. The summed E-state index contributed by atoms with van der Waals surface area (Å²) in [6.07, 6.45) is 17.0. The quantitative estimate of drug-likeness (QED) is 0.132. The minimum Gasteiger partial charge on any atom is -0.382 e. The van der Waals surface area contributed by atoms with Crippen molar-refractivity contribution in [2.45, 2.75) is 109 Å². The molecule has 40 heavy (non-hydrogen) atoms. The van der Waals surface area contributed by atoms with Crippen LogP contribution in [0.2, 0.25) is 0 Å². The van der Waals surface area contributed by atoms with Crippen molar-refractivity contribution in [3.63, 3.8) is 0 Å². The fourth-order valence-corrected chi connectivity index (χ4v) is 5.78. The second-order valence-electron chi connectivity index (χ2n) is 10.5. The van der Waals surface area contributed by atoms with Gasteiger partial charge in [-0.05, 0) is 31.4 Å². The first-order chi connectivity index (χ1) is 19.4. The minimum atomic E-state index is -4.27. The first-order valence-electron chi connectivity index (χ1n) is 14.8. The van der Waals surface area contributed by atoms with Crippen LogP contribution in [0.15, 0.2) is 18.5 Å². The molecule has 3 heterocycles. The molecule has 0 radical (unpaired) electrons. The molecule has 11 nitrogen and oxygen atoms in total. The van der Waals surface area contributed by atoms with E-state index >= 15 is 0 Å². The third-order valence-corrected chi connectivity index (χ3v) is 8.29. The Morgan fingerprint density at radius 1 is 1.07 bits per heavy atom. The van der Waals surface area contributed by atoms with E-state index in [1.54, 1.807) is 12.1 Å². The first-order valence-corrected chi connectivity index (χ1v) is 16.3. The van der Waals surface area contributed by atoms with Gasteiger partial charge in [0.2, 0.25) is 0 Å². The number of nitrogens with two attached hydrogens (primary N) is 1. The summed E-state index contributed by atoms with van der Waals surface area (Å²) in [6.45, 7) is 2.85. The number of aromatic nitrogens is 3. The van der Waals surface area contributed by atoms with E-state index in [4.69, 9.17) is 24.3 Å². The highest BCUT2D eigenvalue weighted by Gasteiger charge is 2.45. The van der Waals surface area contributed by atoms with Gasteiger partial charge in [-0.2, -0.15) is 10.4 Å². The third-order valence-electron chi connectivity index (χ3n) is 7.31. The van der Waals surface area contributed by atoms with E-state index in [1.807, 2.05) is 0 Å². The Morgan fingerprint density at radius 3 is 2.42 bits per heavy atom. The fraction of sp³-hybridized carbons (Fsp3) is 0.750. The molecule has 0 spiro atoms. The number of nitrogens with zero attached hydrogens (tertiary/aromatic N) is 4. The van der Waals surface area contributed by atoms with Gasteiger partial charge in [0.05, 0.1) is 31.6 Å². The van der Waals surface area contributed by atoms with Crippen LogP contribution >= 0.6 is 7.82 Å². The molecule has 3 N–H and O–H groups in total. The van der Waals surface area contributed by atoms with Crippen molar-refractivity contribution in [2.75, 3.05) is 32.2 Å². The highest BCUT2D eigenvalue weighted by atomic mass is 31.2. The Hall–Kier alpha value is -2.06. The van der Waals surface area contributed by atoms with Gasteiger partial charge in [0.15, 0.2) is 11.4 Å². The van der Waals surface area contributed by atoms with Crippen LogP contribution in [0.4, 0.5) is 5.82 Å². The van der Waals surface area contributed by atoms with Crippen molar-refractivity contribution in [3.05, 3.63) is 24.2 Å². The lowest BCUT2D eigenvalue weighted by Crippen LogP contribution is -2.28. The molecule has 2 aromatic rings. The summed E-state index contributed by atoms with van der Waals surface area (Å²) >= 11 is 0. The van der Waals surface area contributed by atoms with Crippen molar-refractivity contribution in [3.8, 4) is 6.07 Å². The highest BCUT2D eigenvalue weighted by molar-refractivity contribution is 7.47. The molecule has 0 aliphatic carbocycles. The Labute approximate surface area is 238 Å². The van der Waals surface area contributed by atoms with Gasteiger partial charge in [-0.25, -0.2) is 14.1 Å². The molecule has 1 fully saturated rings. The van der Waals surface area contributed by atoms with Crippen LogP contribution in [0, 0.1) is 11.3 Å². The normalized spacial score (nSPS) is 20.6. The van der Waals surface area contributed by atoms with Crippen LogP contribution in [0.3, 0.4) is 0 Å². The Balaban J connectivity index is 1.23. The lowest BCUT2D eigenvalue weighted by molar-refractivity contribution is -0.0342. The van der Waals surface area contributed by atoms with Crippen LogP contribution in [0.1, 0.15) is 103 Å². The van der Waals surface area contributed by atoms with Crippen molar-refractivity contribution >= 4 is 19.2 Å². The monoisotopic (exact) mass is 579 g/mol. The maximum Gasteiger partial charge on any atom is 0.472 e. The van der Waals surface area contributed by atoms with E-state index in [-0.39, 0.29) is 19.8 Å². The summed E-state index contributed by atoms with van der Waals surface area (Å²) in [5.74, 6) is 0.295. The zero-order valence-electron chi connectivity index (χ0n) is 23.8. The van der Waals surface area contributed by atoms with E-state index < -0.39 is 19.5 Å². The van der Waals surface area contributed by atoms with Crippen LogP contribution in [-0.4, -0.2) is 52.0 Å². The topological polar surface area (TPSA) is 154 Å². The second kappa shape index (κ2) is 17.0. The van der Waals surface area contributed by atoms with E-state index in [1.165, 1.54) is 75.1 Å². The van der Waals surface area contributed by atoms with Gasteiger partial charge >= 0.3 is 7.82 Å². The maximum atomic E-state index is 12.3. The first kappa shape index (κ1) is 32.5. The summed E-state index contributed by atoms with van der Waals surface area (Å²) in [5.41, 5.74) is 5.72. The molecule has 0 saturated carbocycles. The van der Waals surface area contributed by atoms with Gasteiger partial charge in [0.25, 0.3) is 0 Å². The van der Waals surface area contributed by atoms with Crippen molar-refractivity contribution in [1.82, 2.24) is 14.6 Å². The van der Waals surface area contributed by atoms with Crippen molar-refractivity contribution < 1.29 is 28.0 Å². The minimum absolute atomic E-state index is 0.0447. The van der Waals surface area contributed by atoms with E-state index in [0.717, 1.165) is 12.8 Å². The Bertz CT molecular complexity index is 1110. The number of rotatable bonds is 21. The number of nitriles is 1. The molecule has 1 saturated heterocycles. The summed E-state index contributed by atoms with van der Waals surface area (Å²) in [4.78, 5) is 14.0. The molecule has 3 rings (SSSR count). The lowest BCUT2D eigenvalue weighted by atomic mass is 9.98. The number of phosphoric ester groups is 1. The second-order valence-corrected chi connectivity index (χ2v) is 11.9. The van der Waals surface area contributed by atoms with Gasteiger partial charge in [0.1, 0.15) is 17.9 Å². The zero-order chi connectivity index (χ0) is 28.7. The molecule has 1 unspecified atom stereocenters. The number of hydrogen-bond donors (Lipinski definition) is 2. The maximum absolute atomic E-state index is 12.3. The van der Waals surface area contributed by atoms with Crippen molar-refractivity contribution in [1.29, 1.82) is 5.26 Å². The summed E-state index contributed by atoms with van der Waals surface area (Å²) in [5, 5.41) is 14.1. The molecule has 224 valence electrons. The predicted molar refractivity (Wildman–Crippen MR) is 152 cm³/mol. The van der Waals surface area contributed by atoms with E-state index in [0.29, 0.717) is 36.5 Å². The number of hydrogen-bond acceptors (Lipinski definition) is 9. The molecule has 1 aliphatic heterocycles. The van der Waals surface area contributed by atoms with Crippen LogP contribution < -0.4 is 5.73 Å². The average Bonchev–Trinajstić information content (AvgIpc) is 3.58. The summed E-state index contributed by atoms with van der Waals surface area (Å²) in [6, 6.07) is 5.68. The Morgan fingerprint density at radius 2 is 1.75 bits per heavy atom. The van der Waals surface area contributed by atoms with Crippen LogP contribution in [0.25, 0.3) is 5.52 Å². The number of fused-ring (bicyclic) bond motifs is 1. The third kappa shape index (κ3) is 10.1. The number of ether oxygens (including phenoxy) is 2. The molecular weight excluding hydrogens is 533 g/mol. The number of nitrogen functional groups attached to an aromatic ring is 1. The molecular formula is C28H46N5O6P.